The van der Waals surface area contributed by atoms with Gasteiger partial charge >= 0.3 is 0 Å². The SMILES string of the molecule is Cc1ccc(-n2nnc3cccnc32)o1. The van der Waals surface area contributed by atoms with Crippen LogP contribution in [0, 0.1) is 6.92 Å². The second-order valence-electron chi connectivity index (χ2n) is 3.23. The Labute approximate surface area is 85.3 Å². The van der Waals surface area contributed by atoms with Crippen molar-refractivity contribution in [3.63, 3.8) is 0 Å². The molecule has 0 aromatic carbocycles. The summed E-state index contributed by atoms with van der Waals surface area (Å²) in [6, 6.07) is 7.42. The van der Waals surface area contributed by atoms with Crippen molar-refractivity contribution in [1.29, 1.82) is 0 Å². The first-order chi connectivity index (χ1) is 7.34. The van der Waals surface area contributed by atoms with E-state index in [1.54, 1.807) is 10.9 Å². The molecule has 3 heterocycles. The summed E-state index contributed by atoms with van der Waals surface area (Å²) in [5.41, 5.74) is 1.46. The molecule has 15 heavy (non-hydrogen) atoms. The minimum atomic E-state index is 0.633. The van der Waals surface area contributed by atoms with Gasteiger partial charge in [0, 0.05) is 12.3 Å². The van der Waals surface area contributed by atoms with Crippen molar-refractivity contribution < 1.29 is 4.42 Å². The molecule has 5 nitrogen and oxygen atoms in total. The number of aryl methyl sites for hydroxylation is 1. The van der Waals surface area contributed by atoms with E-state index in [0.29, 0.717) is 11.5 Å². The molecule has 0 aliphatic carbocycles. The summed E-state index contributed by atoms with van der Waals surface area (Å²) in [6.07, 6.45) is 1.71. The second kappa shape index (κ2) is 2.91. The number of hydrogen-bond donors (Lipinski definition) is 0. The summed E-state index contributed by atoms with van der Waals surface area (Å²) >= 11 is 0. The smallest absolute Gasteiger partial charge is 0.223 e. The molecule has 0 atom stereocenters. The lowest BCUT2D eigenvalue weighted by molar-refractivity contribution is 0.495. The van der Waals surface area contributed by atoms with Crippen molar-refractivity contribution >= 4 is 11.2 Å². The van der Waals surface area contributed by atoms with Crippen molar-refractivity contribution in [2.75, 3.05) is 0 Å². The molecule has 74 valence electrons. The van der Waals surface area contributed by atoms with Gasteiger partial charge in [-0.1, -0.05) is 5.21 Å². The Hall–Kier alpha value is -2.17. The predicted molar refractivity (Wildman–Crippen MR) is 53.7 cm³/mol. The van der Waals surface area contributed by atoms with Crippen LogP contribution < -0.4 is 0 Å². The van der Waals surface area contributed by atoms with Gasteiger partial charge in [0.1, 0.15) is 11.3 Å². The third kappa shape index (κ3) is 1.20. The van der Waals surface area contributed by atoms with Crippen molar-refractivity contribution in [1.82, 2.24) is 20.0 Å². The number of rotatable bonds is 1. The molecule has 0 aliphatic heterocycles. The minimum Gasteiger partial charge on any atom is -0.444 e. The molecule has 3 rings (SSSR count). The Balaban J connectivity index is 2.27. The van der Waals surface area contributed by atoms with Gasteiger partial charge in [0.2, 0.25) is 5.88 Å². The van der Waals surface area contributed by atoms with E-state index in [0.717, 1.165) is 11.3 Å². The maximum Gasteiger partial charge on any atom is 0.223 e. The predicted octanol–water partition coefficient (Wildman–Crippen LogP) is 1.72. The molecular weight excluding hydrogens is 192 g/mol. The minimum absolute atomic E-state index is 0.633. The quantitative estimate of drug-likeness (QED) is 0.600. The highest BCUT2D eigenvalue weighted by Crippen LogP contribution is 2.15. The average molecular weight is 200 g/mol. The van der Waals surface area contributed by atoms with E-state index in [9.17, 15) is 0 Å². The van der Waals surface area contributed by atoms with Gasteiger partial charge in [0.15, 0.2) is 5.65 Å². The molecule has 3 aromatic heterocycles. The standard InChI is InChI=1S/C10H8N4O/c1-7-4-5-9(15-7)14-10-8(12-13-14)3-2-6-11-10/h2-6H,1H3. The fourth-order valence-corrected chi connectivity index (χ4v) is 1.45. The first kappa shape index (κ1) is 8.16. The number of nitrogens with zero attached hydrogens (tertiary/aromatic N) is 4. The van der Waals surface area contributed by atoms with Gasteiger partial charge in [-0.05, 0) is 25.1 Å². The summed E-state index contributed by atoms with van der Waals surface area (Å²) in [6.45, 7) is 1.88. The van der Waals surface area contributed by atoms with Gasteiger partial charge in [0.25, 0.3) is 0 Å². The molecule has 0 aliphatic rings. The Morgan fingerprint density at radius 1 is 1.27 bits per heavy atom. The lowest BCUT2D eigenvalue weighted by Crippen LogP contribution is -1.95. The maximum absolute atomic E-state index is 5.46. The third-order valence-corrected chi connectivity index (χ3v) is 2.14. The second-order valence-corrected chi connectivity index (χ2v) is 3.23. The molecule has 0 radical (unpaired) electrons. The summed E-state index contributed by atoms with van der Waals surface area (Å²) < 4.78 is 7.04. The van der Waals surface area contributed by atoms with Crippen molar-refractivity contribution in [3.05, 3.63) is 36.2 Å². The summed E-state index contributed by atoms with van der Waals surface area (Å²) in [5.74, 6) is 1.47. The van der Waals surface area contributed by atoms with E-state index in [1.165, 1.54) is 0 Å². The van der Waals surface area contributed by atoms with E-state index >= 15 is 0 Å². The van der Waals surface area contributed by atoms with Crippen LogP contribution in [-0.4, -0.2) is 20.0 Å². The van der Waals surface area contributed by atoms with Gasteiger partial charge < -0.3 is 4.42 Å². The fourth-order valence-electron chi connectivity index (χ4n) is 1.45. The zero-order valence-electron chi connectivity index (χ0n) is 8.08. The van der Waals surface area contributed by atoms with Crippen LogP contribution in [0.4, 0.5) is 0 Å². The molecule has 3 aromatic rings. The molecule has 0 amide bonds. The normalized spacial score (nSPS) is 11.0. The Morgan fingerprint density at radius 3 is 3.00 bits per heavy atom. The molecule has 0 fully saturated rings. The van der Waals surface area contributed by atoms with Crippen LogP contribution in [0.5, 0.6) is 0 Å². The number of pyridine rings is 1. The fraction of sp³-hybridized carbons (Fsp3) is 0.100. The van der Waals surface area contributed by atoms with Gasteiger partial charge in [-0.3, -0.25) is 0 Å². The van der Waals surface area contributed by atoms with Crippen molar-refractivity contribution in [3.8, 4) is 5.88 Å². The topological polar surface area (TPSA) is 56.7 Å². The zero-order valence-corrected chi connectivity index (χ0v) is 8.08. The number of aromatic nitrogens is 4. The average Bonchev–Trinajstić information content (AvgIpc) is 2.83. The molecule has 5 heteroatoms. The maximum atomic E-state index is 5.46. The van der Waals surface area contributed by atoms with Gasteiger partial charge in [0.05, 0.1) is 0 Å². The largest absolute Gasteiger partial charge is 0.444 e. The van der Waals surface area contributed by atoms with Crippen LogP contribution in [0.2, 0.25) is 0 Å². The van der Waals surface area contributed by atoms with Crippen molar-refractivity contribution in [2.24, 2.45) is 0 Å². The van der Waals surface area contributed by atoms with Crippen LogP contribution in [0.1, 0.15) is 5.76 Å². The molecule has 0 saturated carbocycles. The Kier molecular flexibility index (Phi) is 1.58. The van der Waals surface area contributed by atoms with Crippen LogP contribution in [0.25, 0.3) is 17.0 Å². The summed E-state index contributed by atoms with van der Waals surface area (Å²) in [5, 5.41) is 7.98. The molecule has 0 spiro atoms. The van der Waals surface area contributed by atoms with Crippen LogP contribution in [0.3, 0.4) is 0 Å². The first-order valence-electron chi connectivity index (χ1n) is 4.58. The van der Waals surface area contributed by atoms with E-state index in [4.69, 9.17) is 4.42 Å². The van der Waals surface area contributed by atoms with Gasteiger partial charge in [-0.15, -0.1) is 5.10 Å². The van der Waals surface area contributed by atoms with Gasteiger partial charge in [-0.2, -0.15) is 4.68 Å². The summed E-state index contributed by atoms with van der Waals surface area (Å²) in [4.78, 5) is 4.20. The van der Waals surface area contributed by atoms with Crippen LogP contribution >= 0.6 is 0 Å². The molecule has 0 bridgehead atoms. The molecule has 0 saturated heterocycles. The van der Waals surface area contributed by atoms with E-state index in [1.807, 2.05) is 31.2 Å². The lowest BCUT2D eigenvalue weighted by Gasteiger charge is -1.94. The monoisotopic (exact) mass is 200 g/mol. The molecule has 0 unspecified atom stereocenters. The Morgan fingerprint density at radius 2 is 2.20 bits per heavy atom. The van der Waals surface area contributed by atoms with Gasteiger partial charge in [-0.25, -0.2) is 4.98 Å². The highest BCUT2D eigenvalue weighted by Gasteiger charge is 2.09. The summed E-state index contributed by atoms with van der Waals surface area (Å²) in [7, 11) is 0. The Bertz CT molecular complexity index is 610. The third-order valence-electron chi connectivity index (χ3n) is 2.14. The van der Waals surface area contributed by atoms with E-state index < -0.39 is 0 Å². The zero-order chi connectivity index (χ0) is 10.3. The van der Waals surface area contributed by atoms with Crippen LogP contribution in [0.15, 0.2) is 34.9 Å². The number of furan rings is 1. The van der Waals surface area contributed by atoms with Crippen LogP contribution in [-0.2, 0) is 0 Å². The van der Waals surface area contributed by atoms with E-state index in [-0.39, 0.29) is 0 Å². The number of hydrogen-bond acceptors (Lipinski definition) is 4. The van der Waals surface area contributed by atoms with Crippen molar-refractivity contribution in [2.45, 2.75) is 6.92 Å². The number of fused-ring (bicyclic) bond motifs is 1. The first-order valence-corrected chi connectivity index (χ1v) is 4.58. The molecular formula is C10H8N4O. The molecule has 0 N–H and O–H groups in total. The highest BCUT2D eigenvalue weighted by molar-refractivity contribution is 5.70. The highest BCUT2D eigenvalue weighted by atomic mass is 16.4. The van der Waals surface area contributed by atoms with E-state index in [2.05, 4.69) is 15.3 Å². The lowest BCUT2D eigenvalue weighted by atomic mass is 10.4.